The van der Waals surface area contributed by atoms with Gasteiger partial charge in [0.05, 0.1) is 5.75 Å². The normalized spacial score (nSPS) is 25.4. The van der Waals surface area contributed by atoms with Crippen molar-refractivity contribution in [2.45, 2.75) is 18.4 Å². The number of hydrogen-bond donors (Lipinski definition) is 2. The molecule has 9 heteroatoms. The Morgan fingerprint density at radius 1 is 1.29 bits per heavy atom. The molecule has 0 spiro atoms. The summed E-state index contributed by atoms with van der Waals surface area (Å²) < 4.78 is 64.5. The highest BCUT2D eigenvalue weighted by molar-refractivity contribution is 7.92. The van der Waals surface area contributed by atoms with Crippen molar-refractivity contribution >= 4 is 21.4 Å². The summed E-state index contributed by atoms with van der Waals surface area (Å²) in [6.45, 7) is 0. The van der Waals surface area contributed by atoms with Crippen LogP contribution in [0.3, 0.4) is 0 Å². The first-order chi connectivity index (χ1) is 9.66. The average Bonchev–Trinajstić information content (AvgIpc) is 2.48. The standard InChI is InChI=1S/C12H14F3N3O2S/c13-9-2-1-7(16)5-8(9)12(11(14)15)3-4-21(19,20)6-10(17)18-12/h1-2,5,11H,3-4,6,16H2,(H2,17,18)/t12-/m0/s1. The van der Waals surface area contributed by atoms with Gasteiger partial charge < -0.3 is 11.5 Å². The molecule has 1 aromatic rings. The van der Waals surface area contributed by atoms with Crippen LogP contribution in [0.1, 0.15) is 12.0 Å². The molecule has 2 rings (SSSR count). The number of amidine groups is 1. The van der Waals surface area contributed by atoms with Gasteiger partial charge in [0.25, 0.3) is 6.43 Å². The van der Waals surface area contributed by atoms with Crippen LogP contribution < -0.4 is 11.5 Å². The molecule has 116 valence electrons. The summed E-state index contributed by atoms with van der Waals surface area (Å²) in [6, 6.07) is 3.20. The van der Waals surface area contributed by atoms with E-state index in [-0.39, 0.29) is 5.69 Å². The number of anilines is 1. The molecule has 21 heavy (non-hydrogen) atoms. The van der Waals surface area contributed by atoms with Gasteiger partial charge in [-0.3, -0.25) is 4.99 Å². The summed E-state index contributed by atoms with van der Waals surface area (Å²) >= 11 is 0. The first-order valence-electron chi connectivity index (χ1n) is 6.04. The molecule has 1 aliphatic rings. The molecule has 0 fully saturated rings. The van der Waals surface area contributed by atoms with Gasteiger partial charge >= 0.3 is 0 Å². The number of sulfone groups is 1. The minimum atomic E-state index is -3.65. The van der Waals surface area contributed by atoms with Gasteiger partial charge in [0, 0.05) is 11.3 Å². The highest BCUT2D eigenvalue weighted by Crippen LogP contribution is 2.40. The monoisotopic (exact) mass is 321 g/mol. The van der Waals surface area contributed by atoms with Crippen molar-refractivity contribution in [1.29, 1.82) is 0 Å². The Kier molecular flexibility index (Phi) is 3.87. The number of rotatable bonds is 2. The van der Waals surface area contributed by atoms with E-state index >= 15 is 0 Å². The molecule has 1 aromatic carbocycles. The van der Waals surface area contributed by atoms with E-state index in [2.05, 4.69) is 4.99 Å². The first-order valence-corrected chi connectivity index (χ1v) is 7.87. The second kappa shape index (κ2) is 5.21. The zero-order valence-electron chi connectivity index (χ0n) is 10.9. The maximum atomic E-state index is 14.0. The summed E-state index contributed by atoms with van der Waals surface area (Å²) in [5.74, 6) is -2.57. The fourth-order valence-corrected chi connectivity index (χ4v) is 3.58. The van der Waals surface area contributed by atoms with E-state index in [0.29, 0.717) is 0 Å². The Morgan fingerprint density at radius 3 is 2.57 bits per heavy atom. The topological polar surface area (TPSA) is 98.5 Å². The van der Waals surface area contributed by atoms with Crippen LogP contribution in [0, 0.1) is 5.82 Å². The maximum Gasteiger partial charge on any atom is 0.267 e. The Balaban J connectivity index is 2.67. The third kappa shape index (κ3) is 2.97. The summed E-state index contributed by atoms with van der Waals surface area (Å²) in [5.41, 5.74) is 8.23. The second-order valence-corrected chi connectivity index (χ2v) is 7.09. The molecule has 1 aliphatic heterocycles. The molecule has 5 nitrogen and oxygen atoms in total. The Bertz CT molecular complexity index is 691. The van der Waals surface area contributed by atoms with Crippen molar-refractivity contribution in [2.24, 2.45) is 10.7 Å². The molecule has 0 aromatic heterocycles. The number of benzene rings is 1. The number of halogens is 3. The van der Waals surface area contributed by atoms with E-state index in [0.717, 1.165) is 12.1 Å². The van der Waals surface area contributed by atoms with Gasteiger partial charge in [-0.05, 0) is 24.6 Å². The zero-order valence-corrected chi connectivity index (χ0v) is 11.7. The number of nitrogens with two attached hydrogens (primary N) is 2. The Labute approximate surface area is 119 Å². The predicted octanol–water partition coefficient (Wildman–Crippen LogP) is 1.04. The van der Waals surface area contributed by atoms with Crippen molar-refractivity contribution in [2.75, 3.05) is 17.2 Å². The SMILES string of the molecule is NC1=N[C@@](c2cc(N)ccc2F)(C(F)F)CCS(=O)(=O)C1. The van der Waals surface area contributed by atoms with E-state index in [1.54, 1.807) is 0 Å². The quantitative estimate of drug-likeness (QED) is 0.795. The van der Waals surface area contributed by atoms with E-state index in [1.807, 2.05) is 0 Å². The van der Waals surface area contributed by atoms with Crippen LogP contribution in [0.4, 0.5) is 18.9 Å². The van der Waals surface area contributed by atoms with E-state index in [1.165, 1.54) is 6.07 Å². The van der Waals surface area contributed by atoms with Crippen molar-refractivity contribution in [3.63, 3.8) is 0 Å². The van der Waals surface area contributed by atoms with Crippen molar-refractivity contribution < 1.29 is 21.6 Å². The largest absolute Gasteiger partial charge is 0.399 e. The summed E-state index contributed by atoms with van der Waals surface area (Å²) in [6.07, 6.45) is -3.69. The maximum absolute atomic E-state index is 14.0. The van der Waals surface area contributed by atoms with E-state index in [9.17, 15) is 21.6 Å². The van der Waals surface area contributed by atoms with Gasteiger partial charge in [-0.2, -0.15) is 0 Å². The highest BCUT2D eigenvalue weighted by Gasteiger charge is 2.46. The molecule has 0 aliphatic carbocycles. The lowest BCUT2D eigenvalue weighted by molar-refractivity contribution is 0.0496. The summed E-state index contributed by atoms with van der Waals surface area (Å²) in [7, 11) is -3.65. The molecule has 0 radical (unpaired) electrons. The molecular formula is C12H14F3N3O2S. The van der Waals surface area contributed by atoms with Gasteiger partial charge in [0.2, 0.25) is 0 Å². The summed E-state index contributed by atoms with van der Waals surface area (Å²) in [4.78, 5) is 3.64. The van der Waals surface area contributed by atoms with Crippen LogP contribution in [-0.2, 0) is 15.4 Å². The van der Waals surface area contributed by atoms with Crippen molar-refractivity contribution in [3.05, 3.63) is 29.6 Å². The third-order valence-electron chi connectivity index (χ3n) is 3.32. The minimum Gasteiger partial charge on any atom is -0.399 e. The lowest BCUT2D eigenvalue weighted by atomic mass is 9.87. The smallest absolute Gasteiger partial charge is 0.267 e. The van der Waals surface area contributed by atoms with Crippen LogP contribution in [0.15, 0.2) is 23.2 Å². The van der Waals surface area contributed by atoms with Gasteiger partial charge in [0.15, 0.2) is 15.4 Å². The van der Waals surface area contributed by atoms with Crippen LogP contribution >= 0.6 is 0 Å². The molecule has 0 saturated carbocycles. The Morgan fingerprint density at radius 2 is 1.95 bits per heavy atom. The molecule has 0 amide bonds. The molecule has 4 N–H and O–H groups in total. The molecule has 0 saturated heterocycles. The van der Waals surface area contributed by atoms with Crippen molar-refractivity contribution in [3.8, 4) is 0 Å². The average molecular weight is 321 g/mol. The zero-order chi connectivity index (χ0) is 15.8. The fourth-order valence-electron chi connectivity index (χ4n) is 2.30. The van der Waals surface area contributed by atoms with Crippen LogP contribution in [0.5, 0.6) is 0 Å². The number of nitrogen functional groups attached to an aromatic ring is 1. The number of aliphatic imine (C=N–C) groups is 1. The molecule has 1 atom stereocenters. The van der Waals surface area contributed by atoms with Gasteiger partial charge in [-0.1, -0.05) is 0 Å². The van der Waals surface area contributed by atoms with Crippen molar-refractivity contribution in [1.82, 2.24) is 0 Å². The molecular weight excluding hydrogens is 307 g/mol. The van der Waals surface area contributed by atoms with Crippen LogP contribution in [0.25, 0.3) is 0 Å². The number of nitrogens with zero attached hydrogens (tertiary/aromatic N) is 1. The highest BCUT2D eigenvalue weighted by atomic mass is 32.2. The lowest BCUT2D eigenvalue weighted by Gasteiger charge is -2.29. The second-order valence-electron chi connectivity index (χ2n) is 4.91. The third-order valence-corrected chi connectivity index (χ3v) is 4.88. The first kappa shape index (κ1) is 15.6. The number of hydrogen-bond acceptors (Lipinski definition) is 5. The van der Waals surface area contributed by atoms with Crippen LogP contribution in [-0.4, -0.2) is 32.2 Å². The molecule has 1 heterocycles. The molecule has 0 bridgehead atoms. The van der Waals surface area contributed by atoms with E-state index in [4.69, 9.17) is 11.5 Å². The van der Waals surface area contributed by atoms with Gasteiger partial charge in [-0.25, -0.2) is 21.6 Å². The summed E-state index contributed by atoms with van der Waals surface area (Å²) in [5, 5.41) is 0. The van der Waals surface area contributed by atoms with Gasteiger partial charge in [-0.15, -0.1) is 0 Å². The fraction of sp³-hybridized carbons (Fsp3) is 0.417. The van der Waals surface area contributed by atoms with Gasteiger partial charge in [0.1, 0.15) is 17.4 Å². The predicted molar refractivity (Wildman–Crippen MR) is 73.4 cm³/mol. The Hall–Kier alpha value is -1.77. The molecule has 0 unspecified atom stereocenters. The lowest BCUT2D eigenvalue weighted by Crippen LogP contribution is -2.36. The van der Waals surface area contributed by atoms with Crippen LogP contribution in [0.2, 0.25) is 0 Å². The number of alkyl halides is 2. The minimum absolute atomic E-state index is 0.0762. The van der Waals surface area contributed by atoms with E-state index < -0.39 is 56.9 Å².